The summed E-state index contributed by atoms with van der Waals surface area (Å²) in [5.74, 6) is -0.812. The number of ether oxygens (including phenoxy) is 1. The molecule has 2 amide bonds. The van der Waals surface area contributed by atoms with Gasteiger partial charge in [0.05, 0.1) is 18.8 Å². The molecular weight excluding hydrogens is 306 g/mol. The highest BCUT2D eigenvalue weighted by atomic mass is 16.5. The van der Waals surface area contributed by atoms with Gasteiger partial charge in [0.2, 0.25) is 11.8 Å². The van der Waals surface area contributed by atoms with Gasteiger partial charge in [-0.25, -0.2) is 0 Å². The lowest BCUT2D eigenvalue weighted by Crippen LogP contribution is -2.39. The zero-order valence-corrected chi connectivity index (χ0v) is 13.3. The standard InChI is InChI=1S/C19H17NO4/c1-23-9-11-2-4-13-12(8-11)3-6-16-18(13)15(10-24-16)14-5-7-17(21)20-19(14)22/h2-4,6,8,10,14H,5,7,9H2,1H3,(H,20,21,22)/t14-/m1/s1. The van der Waals surface area contributed by atoms with Crippen LogP contribution < -0.4 is 5.32 Å². The lowest BCUT2D eigenvalue weighted by molar-refractivity contribution is -0.134. The highest BCUT2D eigenvalue weighted by Crippen LogP contribution is 2.37. The fourth-order valence-corrected chi connectivity index (χ4v) is 3.44. The molecule has 2 aromatic carbocycles. The number of carbonyl (C=O) groups excluding carboxylic acids is 2. The van der Waals surface area contributed by atoms with Crippen LogP contribution in [0.5, 0.6) is 0 Å². The van der Waals surface area contributed by atoms with Crippen LogP contribution in [0.3, 0.4) is 0 Å². The Balaban J connectivity index is 1.87. The van der Waals surface area contributed by atoms with Gasteiger partial charge >= 0.3 is 0 Å². The number of nitrogens with one attached hydrogen (secondary N) is 1. The SMILES string of the molecule is COCc1ccc2c(ccc3occ([C@H]4CCC(=O)NC4=O)c32)c1. The summed E-state index contributed by atoms with van der Waals surface area (Å²) < 4.78 is 10.9. The second-order valence-electron chi connectivity index (χ2n) is 6.12. The molecule has 5 heteroatoms. The number of piperidine rings is 1. The molecule has 0 radical (unpaired) electrons. The van der Waals surface area contributed by atoms with E-state index >= 15 is 0 Å². The van der Waals surface area contributed by atoms with Gasteiger partial charge in [0, 0.05) is 24.5 Å². The van der Waals surface area contributed by atoms with Crippen LogP contribution in [0, 0.1) is 0 Å². The maximum absolute atomic E-state index is 12.2. The van der Waals surface area contributed by atoms with Crippen molar-refractivity contribution < 1.29 is 18.7 Å². The number of amides is 2. The summed E-state index contributed by atoms with van der Waals surface area (Å²) in [6.45, 7) is 0.555. The molecule has 1 fully saturated rings. The molecule has 0 bridgehead atoms. The lowest BCUT2D eigenvalue weighted by Gasteiger charge is -2.20. The minimum Gasteiger partial charge on any atom is -0.464 e. The molecule has 4 rings (SSSR count). The van der Waals surface area contributed by atoms with Gasteiger partial charge < -0.3 is 9.15 Å². The van der Waals surface area contributed by atoms with Crippen LogP contribution in [0.15, 0.2) is 41.0 Å². The van der Waals surface area contributed by atoms with Gasteiger partial charge in [-0.15, -0.1) is 0 Å². The first-order valence-electron chi connectivity index (χ1n) is 7.93. The molecule has 1 aliphatic rings. The van der Waals surface area contributed by atoms with Crippen molar-refractivity contribution in [2.75, 3.05) is 7.11 Å². The van der Waals surface area contributed by atoms with Gasteiger partial charge in [-0.2, -0.15) is 0 Å². The van der Waals surface area contributed by atoms with Crippen molar-refractivity contribution in [3.05, 3.63) is 47.7 Å². The Hall–Kier alpha value is -2.66. The third-order valence-corrected chi connectivity index (χ3v) is 4.57. The molecule has 1 atom stereocenters. The Labute approximate surface area is 138 Å². The molecule has 24 heavy (non-hydrogen) atoms. The normalized spacial score (nSPS) is 18.3. The van der Waals surface area contributed by atoms with Gasteiger partial charge in [0.1, 0.15) is 5.58 Å². The molecule has 1 aliphatic heterocycles. The summed E-state index contributed by atoms with van der Waals surface area (Å²) >= 11 is 0. The molecule has 3 aromatic rings. The van der Waals surface area contributed by atoms with E-state index in [0.29, 0.717) is 19.4 Å². The lowest BCUT2D eigenvalue weighted by atomic mass is 9.88. The van der Waals surface area contributed by atoms with Gasteiger partial charge in [0.25, 0.3) is 0 Å². The average molecular weight is 323 g/mol. The number of hydrogen-bond acceptors (Lipinski definition) is 4. The van der Waals surface area contributed by atoms with Crippen LogP contribution in [0.1, 0.15) is 29.9 Å². The van der Waals surface area contributed by atoms with Crippen molar-refractivity contribution in [3.63, 3.8) is 0 Å². The van der Waals surface area contributed by atoms with Crippen LogP contribution in [0.2, 0.25) is 0 Å². The van der Waals surface area contributed by atoms with Crippen LogP contribution in [0.4, 0.5) is 0 Å². The molecule has 0 spiro atoms. The Morgan fingerprint density at radius 1 is 1.25 bits per heavy atom. The number of furan rings is 1. The third kappa shape index (κ3) is 2.37. The van der Waals surface area contributed by atoms with Crippen molar-refractivity contribution in [2.24, 2.45) is 0 Å². The average Bonchev–Trinajstić information content (AvgIpc) is 2.99. The topological polar surface area (TPSA) is 68.5 Å². The van der Waals surface area contributed by atoms with Gasteiger partial charge in [-0.1, -0.05) is 18.2 Å². The fourth-order valence-electron chi connectivity index (χ4n) is 3.44. The zero-order valence-electron chi connectivity index (χ0n) is 13.3. The molecule has 1 aromatic heterocycles. The largest absolute Gasteiger partial charge is 0.464 e. The molecule has 0 saturated carbocycles. The van der Waals surface area contributed by atoms with E-state index in [0.717, 1.165) is 32.9 Å². The number of fused-ring (bicyclic) bond motifs is 3. The minimum atomic E-state index is -0.354. The molecule has 2 heterocycles. The number of rotatable bonds is 3. The van der Waals surface area contributed by atoms with Crippen LogP contribution in [0.25, 0.3) is 21.7 Å². The summed E-state index contributed by atoms with van der Waals surface area (Å²) in [6.07, 6.45) is 2.51. The van der Waals surface area contributed by atoms with Crippen molar-refractivity contribution in [3.8, 4) is 0 Å². The van der Waals surface area contributed by atoms with Crippen LogP contribution in [-0.2, 0) is 20.9 Å². The molecule has 0 aliphatic carbocycles. The molecule has 5 nitrogen and oxygen atoms in total. The monoisotopic (exact) mass is 323 g/mol. The first kappa shape index (κ1) is 14.9. The van der Waals surface area contributed by atoms with E-state index in [1.165, 1.54) is 0 Å². The van der Waals surface area contributed by atoms with Crippen molar-refractivity contribution in [1.29, 1.82) is 0 Å². The Morgan fingerprint density at radius 3 is 2.92 bits per heavy atom. The number of hydrogen-bond donors (Lipinski definition) is 1. The summed E-state index contributed by atoms with van der Waals surface area (Å²) in [7, 11) is 1.67. The molecule has 1 saturated heterocycles. The second kappa shape index (κ2) is 5.76. The Kier molecular flexibility index (Phi) is 3.58. The highest BCUT2D eigenvalue weighted by Gasteiger charge is 2.30. The quantitative estimate of drug-likeness (QED) is 0.751. The van der Waals surface area contributed by atoms with Gasteiger partial charge in [0.15, 0.2) is 0 Å². The third-order valence-electron chi connectivity index (χ3n) is 4.57. The van der Waals surface area contributed by atoms with Crippen molar-refractivity contribution >= 4 is 33.6 Å². The van der Waals surface area contributed by atoms with E-state index in [2.05, 4.69) is 11.4 Å². The molecule has 1 N–H and O–H groups in total. The van der Waals surface area contributed by atoms with Gasteiger partial charge in [-0.05, 0) is 34.9 Å². The maximum Gasteiger partial charge on any atom is 0.234 e. The Morgan fingerprint density at radius 2 is 2.12 bits per heavy atom. The van der Waals surface area contributed by atoms with Crippen molar-refractivity contribution in [2.45, 2.75) is 25.4 Å². The number of methoxy groups -OCH3 is 1. The second-order valence-corrected chi connectivity index (χ2v) is 6.12. The van der Waals surface area contributed by atoms with Crippen molar-refractivity contribution in [1.82, 2.24) is 5.32 Å². The number of benzene rings is 2. The van der Waals surface area contributed by atoms with E-state index in [4.69, 9.17) is 9.15 Å². The van der Waals surface area contributed by atoms with Gasteiger partial charge in [-0.3, -0.25) is 14.9 Å². The predicted octanol–water partition coefficient (Wildman–Crippen LogP) is 3.25. The van der Waals surface area contributed by atoms with E-state index < -0.39 is 0 Å². The van der Waals surface area contributed by atoms with E-state index in [9.17, 15) is 9.59 Å². The first-order chi connectivity index (χ1) is 11.7. The van der Waals surface area contributed by atoms with E-state index in [1.54, 1.807) is 13.4 Å². The minimum absolute atomic E-state index is 0.210. The summed E-state index contributed by atoms with van der Waals surface area (Å²) in [5.41, 5.74) is 2.69. The van der Waals surface area contributed by atoms with E-state index in [-0.39, 0.29) is 17.7 Å². The van der Waals surface area contributed by atoms with Crippen LogP contribution >= 0.6 is 0 Å². The maximum atomic E-state index is 12.2. The molecule has 0 unspecified atom stereocenters. The number of carbonyl (C=O) groups is 2. The fraction of sp³-hybridized carbons (Fsp3) is 0.263. The summed E-state index contributed by atoms with van der Waals surface area (Å²) in [6, 6.07) is 10.1. The smallest absolute Gasteiger partial charge is 0.234 e. The summed E-state index contributed by atoms with van der Waals surface area (Å²) in [4.78, 5) is 23.6. The highest BCUT2D eigenvalue weighted by molar-refractivity contribution is 6.10. The number of imide groups is 1. The zero-order chi connectivity index (χ0) is 16.7. The predicted molar refractivity (Wildman–Crippen MR) is 89.6 cm³/mol. The van der Waals surface area contributed by atoms with Crippen LogP contribution in [-0.4, -0.2) is 18.9 Å². The molecular formula is C19H17NO4. The van der Waals surface area contributed by atoms with E-state index in [1.807, 2.05) is 24.3 Å². The first-order valence-corrected chi connectivity index (χ1v) is 7.93. The Bertz CT molecular complexity index is 957. The summed E-state index contributed by atoms with van der Waals surface area (Å²) in [5, 5.41) is 5.49. The molecule has 122 valence electrons.